The van der Waals surface area contributed by atoms with Gasteiger partial charge in [-0.05, 0) is 25.5 Å². The van der Waals surface area contributed by atoms with Gasteiger partial charge in [-0.2, -0.15) is 0 Å². The van der Waals surface area contributed by atoms with Crippen LogP contribution in [0.2, 0.25) is 0 Å². The van der Waals surface area contributed by atoms with Gasteiger partial charge in [0.25, 0.3) is 0 Å². The molecule has 1 saturated heterocycles. The lowest BCUT2D eigenvalue weighted by Gasteiger charge is -2.33. The van der Waals surface area contributed by atoms with Gasteiger partial charge in [0.2, 0.25) is 0 Å². The molecule has 0 saturated carbocycles. The summed E-state index contributed by atoms with van der Waals surface area (Å²) in [5, 5.41) is 12.4. The molecule has 4 nitrogen and oxygen atoms in total. The minimum atomic E-state index is -0.143. The van der Waals surface area contributed by atoms with Gasteiger partial charge in [0.05, 0.1) is 5.69 Å². The van der Waals surface area contributed by atoms with Crippen molar-refractivity contribution in [2.45, 2.75) is 19.4 Å². The van der Waals surface area contributed by atoms with Crippen molar-refractivity contribution >= 4 is 11.7 Å². The number of anilines is 1. The molecule has 0 radical (unpaired) electrons. The molecule has 1 aromatic rings. The molecule has 0 bridgehead atoms. The highest BCUT2D eigenvalue weighted by Crippen LogP contribution is 2.29. The van der Waals surface area contributed by atoms with E-state index in [0.717, 1.165) is 6.42 Å². The van der Waals surface area contributed by atoms with Crippen LogP contribution in [-0.2, 0) is 0 Å². The molecule has 80 valence electrons. The highest BCUT2D eigenvalue weighted by molar-refractivity contribution is 5.94. The molecule has 1 aromatic carbocycles. The van der Waals surface area contributed by atoms with E-state index < -0.39 is 0 Å². The summed E-state index contributed by atoms with van der Waals surface area (Å²) < 4.78 is 0. The monoisotopic (exact) mass is 206 g/mol. The molecule has 1 unspecified atom stereocenters. The summed E-state index contributed by atoms with van der Waals surface area (Å²) in [5.74, 6) is 0.140. The zero-order chi connectivity index (χ0) is 10.8. The zero-order valence-electron chi connectivity index (χ0n) is 8.60. The van der Waals surface area contributed by atoms with Crippen LogP contribution in [0.4, 0.5) is 10.5 Å². The summed E-state index contributed by atoms with van der Waals surface area (Å²) in [5.41, 5.74) is 0.571. The zero-order valence-corrected chi connectivity index (χ0v) is 8.60. The standard InChI is InChI=1S/C11H14N2O2/c1-8-6-7-12-11(15)13(8)9-4-2-3-5-10(9)14/h2-5,8,14H,6-7H2,1H3,(H,12,15). The van der Waals surface area contributed by atoms with Gasteiger partial charge in [0.15, 0.2) is 0 Å². The largest absolute Gasteiger partial charge is 0.506 e. The minimum Gasteiger partial charge on any atom is -0.506 e. The maximum Gasteiger partial charge on any atom is 0.322 e. The van der Waals surface area contributed by atoms with Crippen molar-refractivity contribution in [2.75, 3.05) is 11.4 Å². The minimum absolute atomic E-state index is 0.118. The van der Waals surface area contributed by atoms with Gasteiger partial charge in [0.1, 0.15) is 5.75 Å². The van der Waals surface area contributed by atoms with Gasteiger partial charge < -0.3 is 10.4 Å². The van der Waals surface area contributed by atoms with E-state index >= 15 is 0 Å². The Morgan fingerprint density at radius 1 is 1.47 bits per heavy atom. The van der Waals surface area contributed by atoms with Crippen molar-refractivity contribution in [3.8, 4) is 5.75 Å². The van der Waals surface area contributed by atoms with Crippen LogP contribution in [0.3, 0.4) is 0 Å². The number of benzene rings is 1. The first-order valence-corrected chi connectivity index (χ1v) is 5.05. The first kappa shape index (κ1) is 9.83. The molecule has 0 aliphatic carbocycles. The Bertz CT molecular complexity index is 379. The number of rotatable bonds is 1. The van der Waals surface area contributed by atoms with E-state index in [2.05, 4.69) is 5.32 Å². The summed E-state index contributed by atoms with van der Waals surface area (Å²) in [6.07, 6.45) is 0.889. The molecule has 0 aromatic heterocycles. The van der Waals surface area contributed by atoms with Crippen molar-refractivity contribution in [3.63, 3.8) is 0 Å². The second kappa shape index (κ2) is 3.81. The number of urea groups is 1. The second-order valence-electron chi connectivity index (χ2n) is 3.73. The molecule has 2 N–H and O–H groups in total. The Hall–Kier alpha value is -1.71. The lowest BCUT2D eigenvalue weighted by molar-refractivity contribution is 0.238. The van der Waals surface area contributed by atoms with Gasteiger partial charge in [-0.15, -0.1) is 0 Å². The highest BCUT2D eigenvalue weighted by Gasteiger charge is 2.27. The predicted octanol–water partition coefficient (Wildman–Crippen LogP) is 1.70. The van der Waals surface area contributed by atoms with E-state index in [1.807, 2.05) is 13.0 Å². The highest BCUT2D eigenvalue weighted by atomic mass is 16.3. The summed E-state index contributed by atoms with van der Waals surface area (Å²) in [6, 6.07) is 6.86. The number of hydrogen-bond donors (Lipinski definition) is 2. The van der Waals surface area contributed by atoms with E-state index in [1.54, 1.807) is 23.1 Å². The molecule has 2 rings (SSSR count). The number of amides is 2. The van der Waals surface area contributed by atoms with E-state index in [4.69, 9.17) is 0 Å². The normalized spacial score (nSPS) is 21.3. The Kier molecular flexibility index (Phi) is 2.49. The smallest absolute Gasteiger partial charge is 0.322 e. The van der Waals surface area contributed by atoms with Gasteiger partial charge >= 0.3 is 6.03 Å². The van der Waals surface area contributed by atoms with Gasteiger partial charge in [-0.25, -0.2) is 4.79 Å². The number of phenolic OH excluding ortho intramolecular Hbond substituents is 1. The number of phenols is 1. The average molecular weight is 206 g/mol. The molecule has 1 heterocycles. The number of carbonyl (C=O) groups is 1. The van der Waals surface area contributed by atoms with Crippen LogP contribution < -0.4 is 10.2 Å². The Morgan fingerprint density at radius 3 is 2.87 bits per heavy atom. The lowest BCUT2D eigenvalue weighted by Crippen LogP contribution is -2.51. The number of hydrogen-bond acceptors (Lipinski definition) is 2. The summed E-state index contributed by atoms with van der Waals surface area (Å²) in [4.78, 5) is 13.3. The summed E-state index contributed by atoms with van der Waals surface area (Å²) in [6.45, 7) is 2.68. The molecule has 0 spiro atoms. The van der Waals surface area contributed by atoms with E-state index in [-0.39, 0.29) is 17.8 Å². The molecule has 1 aliphatic rings. The Balaban J connectivity index is 2.36. The molecular formula is C11H14N2O2. The second-order valence-corrected chi connectivity index (χ2v) is 3.73. The number of nitrogens with zero attached hydrogens (tertiary/aromatic N) is 1. The Labute approximate surface area is 88.5 Å². The molecule has 2 amide bonds. The van der Waals surface area contributed by atoms with Gasteiger partial charge in [-0.1, -0.05) is 12.1 Å². The van der Waals surface area contributed by atoms with Crippen molar-refractivity contribution in [1.29, 1.82) is 0 Å². The SMILES string of the molecule is CC1CCNC(=O)N1c1ccccc1O. The molecule has 1 fully saturated rings. The predicted molar refractivity (Wildman–Crippen MR) is 58.1 cm³/mol. The van der Waals surface area contributed by atoms with E-state index in [9.17, 15) is 9.90 Å². The fourth-order valence-electron chi connectivity index (χ4n) is 1.82. The van der Waals surface area contributed by atoms with Crippen molar-refractivity contribution in [2.24, 2.45) is 0 Å². The van der Waals surface area contributed by atoms with Crippen LogP contribution >= 0.6 is 0 Å². The van der Waals surface area contributed by atoms with Gasteiger partial charge in [0, 0.05) is 12.6 Å². The third kappa shape index (κ3) is 1.75. The summed E-state index contributed by atoms with van der Waals surface area (Å²) in [7, 11) is 0. The molecule has 15 heavy (non-hydrogen) atoms. The third-order valence-corrected chi connectivity index (χ3v) is 2.64. The van der Waals surface area contributed by atoms with Crippen molar-refractivity contribution in [3.05, 3.63) is 24.3 Å². The quantitative estimate of drug-likeness (QED) is 0.734. The molecule has 1 aliphatic heterocycles. The van der Waals surface area contributed by atoms with E-state index in [0.29, 0.717) is 12.2 Å². The van der Waals surface area contributed by atoms with Crippen molar-refractivity contribution < 1.29 is 9.90 Å². The summed E-state index contributed by atoms with van der Waals surface area (Å²) >= 11 is 0. The third-order valence-electron chi connectivity index (χ3n) is 2.64. The fourth-order valence-corrected chi connectivity index (χ4v) is 1.82. The Morgan fingerprint density at radius 2 is 2.20 bits per heavy atom. The number of aromatic hydroxyl groups is 1. The van der Waals surface area contributed by atoms with E-state index in [1.165, 1.54) is 0 Å². The average Bonchev–Trinajstić information content (AvgIpc) is 2.20. The van der Waals surface area contributed by atoms with Crippen LogP contribution in [0.1, 0.15) is 13.3 Å². The number of nitrogens with one attached hydrogen (secondary N) is 1. The molecule has 4 heteroatoms. The number of para-hydroxylation sites is 2. The van der Waals surface area contributed by atoms with Crippen LogP contribution in [-0.4, -0.2) is 23.7 Å². The maximum atomic E-state index is 11.7. The lowest BCUT2D eigenvalue weighted by atomic mass is 10.1. The number of carbonyl (C=O) groups excluding carboxylic acids is 1. The van der Waals surface area contributed by atoms with Crippen LogP contribution in [0.15, 0.2) is 24.3 Å². The fraction of sp³-hybridized carbons (Fsp3) is 0.364. The van der Waals surface area contributed by atoms with Crippen molar-refractivity contribution in [1.82, 2.24) is 5.32 Å². The topological polar surface area (TPSA) is 52.6 Å². The molecular weight excluding hydrogens is 192 g/mol. The maximum absolute atomic E-state index is 11.7. The molecule has 1 atom stereocenters. The van der Waals surface area contributed by atoms with Crippen LogP contribution in [0.5, 0.6) is 5.75 Å². The first-order valence-electron chi connectivity index (χ1n) is 5.05. The van der Waals surface area contributed by atoms with Crippen LogP contribution in [0, 0.1) is 0 Å². The van der Waals surface area contributed by atoms with Gasteiger partial charge in [-0.3, -0.25) is 4.90 Å². The van der Waals surface area contributed by atoms with Crippen LogP contribution in [0.25, 0.3) is 0 Å². The first-order chi connectivity index (χ1) is 7.20.